The lowest BCUT2D eigenvalue weighted by molar-refractivity contribution is -0.384. The van der Waals surface area contributed by atoms with E-state index >= 15 is 0 Å². The molecule has 1 saturated heterocycles. The average Bonchev–Trinajstić information content (AvgIpc) is 3.29. The van der Waals surface area contributed by atoms with Crippen molar-refractivity contribution in [1.29, 1.82) is 0 Å². The van der Waals surface area contributed by atoms with E-state index in [2.05, 4.69) is 10.3 Å². The van der Waals surface area contributed by atoms with Crippen molar-refractivity contribution in [2.24, 2.45) is 15.7 Å². The SMILES string of the molecule is NC1=NC(c2cn(-c3ccc([N+](=O)[O-])cc3)nc2-c2ccc(Cl)cc2Cl)N=C(N2CCOCC2)N1. The second kappa shape index (κ2) is 9.53. The Morgan fingerprint density at radius 1 is 1.11 bits per heavy atom. The predicted octanol–water partition coefficient (Wildman–Crippen LogP) is 3.36. The van der Waals surface area contributed by atoms with E-state index in [-0.39, 0.29) is 11.6 Å². The maximum atomic E-state index is 11.1. The van der Waals surface area contributed by atoms with Gasteiger partial charge in [0.25, 0.3) is 5.69 Å². The number of aliphatic imine (C=N–C) groups is 2. The lowest BCUT2D eigenvalue weighted by Crippen LogP contribution is -2.52. The van der Waals surface area contributed by atoms with Gasteiger partial charge in [0, 0.05) is 47.6 Å². The van der Waals surface area contributed by atoms with Crippen LogP contribution in [0.25, 0.3) is 16.9 Å². The molecule has 1 aromatic heterocycles. The van der Waals surface area contributed by atoms with E-state index in [1.165, 1.54) is 12.1 Å². The highest BCUT2D eigenvalue weighted by molar-refractivity contribution is 6.36. The number of rotatable bonds is 4. The molecular weight excluding hydrogens is 495 g/mol. The summed E-state index contributed by atoms with van der Waals surface area (Å²) in [5.74, 6) is 0.824. The molecule has 13 heteroatoms. The molecule has 0 radical (unpaired) electrons. The van der Waals surface area contributed by atoms with Crippen LogP contribution < -0.4 is 11.1 Å². The van der Waals surface area contributed by atoms with Crippen LogP contribution in [-0.4, -0.2) is 57.8 Å². The van der Waals surface area contributed by atoms with Crippen LogP contribution in [0.15, 0.2) is 58.6 Å². The van der Waals surface area contributed by atoms with Crippen molar-refractivity contribution < 1.29 is 9.66 Å². The molecule has 5 rings (SSSR count). The number of nitro benzene ring substituents is 1. The lowest BCUT2D eigenvalue weighted by atomic mass is 10.1. The molecule has 3 N–H and O–H groups in total. The lowest BCUT2D eigenvalue weighted by Gasteiger charge is -2.32. The summed E-state index contributed by atoms with van der Waals surface area (Å²) in [6.45, 7) is 2.52. The van der Waals surface area contributed by atoms with Crippen LogP contribution in [0.4, 0.5) is 5.69 Å². The van der Waals surface area contributed by atoms with Crippen LogP contribution in [-0.2, 0) is 4.74 Å². The molecule has 1 fully saturated rings. The van der Waals surface area contributed by atoms with Gasteiger partial charge in [0.05, 0.1) is 28.8 Å². The number of nitro groups is 1. The topological polar surface area (TPSA) is 136 Å². The van der Waals surface area contributed by atoms with Crippen LogP contribution in [0.2, 0.25) is 10.0 Å². The summed E-state index contributed by atoms with van der Waals surface area (Å²) in [5.41, 5.74) is 8.57. The predicted molar refractivity (Wildman–Crippen MR) is 133 cm³/mol. The summed E-state index contributed by atoms with van der Waals surface area (Å²) in [6.07, 6.45) is 1.08. The van der Waals surface area contributed by atoms with Crippen molar-refractivity contribution in [3.63, 3.8) is 0 Å². The number of non-ortho nitro benzene ring substituents is 1. The summed E-state index contributed by atoms with van der Waals surface area (Å²) in [7, 11) is 0. The molecule has 0 spiro atoms. The maximum Gasteiger partial charge on any atom is 0.269 e. The van der Waals surface area contributed by atoms with Gasteiger partial charge in [-0.05, 0) is 30.3 Å². The fourth-order valence-electron chi connectivity index (χ4n) is 3.86. The minimum absolute atomic E-state index is 0.0161. The van der Waals surface area contributed by atoms with E-state index in [0.717, 1.165) is 0 Å². The molecule has 1 atom stereocenters. The molecule has 0 bridgehead atoms. The average molecular weight is 515 g/mol. The van der Waals surface area contributed by atoms with E-state index in [1.54, 1.807) is 41.2 Å². The van der Waals surface area contributed by atoms with Crippen molar-refractivity contribution >= 4 is 40.8 Å². The third-order valence-corrected chi connectivity index (χ3v) is 6.14. The highest BCUT2D eigenvalue weighted by atomic mass is 35.5. The Kier molecular flexibility index (Phi) is 6.29. The van der Waals surface area contributed by atoms with Crippen LogP contribution in [0.5, 0.6) is 0 Å². The third kappa shape index (κ3) is 4.78. The number of aromatic nitrogens is 2. The Hall–Kier alpha value is -3.67. The molecule has 0 amide bonds. The molecule has 0 aliphatic carbocycles. The molecule has 11 nitrogen and oxygen atoms in total. The van der Waals surface area contributed by atoms with Gasteiger partial charge in [0.2, 0.25) is 5.96 Å². The zero-order valence-electron chi connectivity index (χ0n) is 18.3. The number of nitrogens with two attached hydrogens (primary N) is 1. The number of guanidine groups is 2. The quantitative estimate of drug-likeness (QED) is 0.402. The molecule has 2 aliphatic heterocycles. The van der Waals surface area contributed by atoms with Crippen LogP contribution in [0.3, 0.4) is 0 Å². The molecular formula is C22H20Cl2N8O3. The fourth-order valence-corrected chi connectivity index (χ4v) is 4.35. The number of morpholine rings is 1. The van der Waals surface area contributed by atoms with Gasteiger partial charge in [-0.3, -0.25) is 15.4 Å². The van der Waals surface area contributed by atoms with Crippen molar-refractivity contribution in [3.8, 4) is 16.9 Å². The van der Waals surface area contributed by atoms with E-state index in [9.17, 15) is 10.1 Å². The molecule has 3 heterocycles. The van der Waals surface area contributed by atoms with Crippen molar-refractivity contribution in [2.45, 2.75) is 6.17 Å². The molecule has 3 aromatic rings. The van der Waals surface area contributed by atoms with Crippen molar-refractivity contribution in [1.82, 2.24) is 20.0 Å². The Balaban J connectivity index is 1.61. The van der Waals surface area contributed by atoms with E-state index in [4.69, 9.17) is 43.8 Å². The Bertz CT molecular complexity index is 1330. The largest absolute Gasteiger partial charge is 0.378 e. The molecule has 35 heavy (non-hydrogen) atoms. The van der Waals surface area contributed by atoms with Gasteiger partial charge in [-0.2, -0.15) is 5.10 Å². The van der Waals surface area contributed by atoms with Gasteiger partial charge in [0.15, 0.2) is 12.1 Å². The first-order valence-electron chi connectivity index (χ1n) is 10.7. The van der Waals surface area contributed by atoms with Crippen LogP contribution in [0.1, 0.15) is 11.7 Å². The number of halogens is 2. The molecule has 0 saturated carbocycles. The van der Waals surface area contributed by atoms with E-state index < -0.39 is 11.1 Å². The van der Waals surface area contributed by atoms with Gasteiger partial charge >= 0.3 is 0 Å². The van der Waals surface area contributed by atoms with Gasteiger partial charge in [0.1, 0.15) is 5.69 Å². The number of benzene rings is 2. The smallest absolute Gasteiger partial charge is 0.269 e. The second-order valence-corrected chi connectivity index (χ2v) is 8.68. The van der Waals surface area contributed by atoms with Crippen molar-refractivity contribution in [2.75, 3.05) is 26.3 Å². The highest BCUT2D eigenvalue weighted by Gasteiger charge is 2.27. The standard InChI is InChI=1S/C22H20Cl2N8O3/c23-13-1-6-16(18(24)11-13)19-17(12-31(29-19)14-2-4-15(5-3-14)32(33)34)20-26-21(25)28-22(27-20)30-7-9-35-10-8-30/h1-6,11-12,20H,7-10H2,(H3,25,26,27,28). The first-order chi connectivity index (χ1) is 16.9. The van der Waals surface area contributed by atoms with E-state index in [0.29, 0.717) is 64.8 Å². The molecule has 1 unspecified atom stereocenters. The number of nitrogens with one attached hydrogen (secondary N) is 1. The molecule has 180 valence electrons. The zero-order valence-corrected chi connectivity index (χ0v) is 19.8. The Morgan fingerprint density at radius 3 is 2.54 bits per heavy atom. The highest BCUT2D eigenvalue weighted by Crippen LogP contribution is 2.36. The normalized spacial score (nSPS) is 18.0. The Morgan fingerprint density at radius 2 is 1.86 bits per heavy atom. The number of nitrogens with zero attached hydrogens (tertiary/aromatic N) is 6. The summed E-state index contributed by atoms with van der Waals surface area (Å²) < 4.78 is 7.05. The summed E-state index contributed by atoms with van der Waals surface area (Å²) in [5, 5.41) is 19.7. The minimum atomic E-state index is -0.692. The number of ether oxygens (including phenoxy) is 1. The second-order valence-electron chi connectivity index (χ2n) is 7.84. The molecule has 2 aliphatic rings. The van der Waals surface area contributed by atoms with Gasteiger partial charge < -0.3 is 15.4 Å². The number of hydrogen-bond donors (Lipinski definition) is 2. The van der Waals surface area contributed by atoms with Crippen molar-refractivity contribution in [3.05, 3.63) is 74.4 Å². The van der Waals surface area contributed by atoms with Gasteiger partial charge in [-0.15, -0.1) is 0 Å². The monoisotopic (exact) mass is 514 g/mol. The van der Waals surface area contributed by atoms with Gasteiger partial charge in [-0.25, -0.2) is 14.7 Å². The first kappa shape index (κ1) is 23.1. The summed E-state index contributed by atoms with van der Waals surface area (Å²) in [4.78, 5) is 22.0. The maximum absolute atomic E-state index is 11.1. The summed E-state index contributed by atoms with van der Waals surface area (Å²) >= 11 is 12.6. The fraction of sp³-hybridized carbons (Fsp3) is 0.227. The molecule has 2 aromatic carbocycles. The van der Waals surface area contributed by atoms with Gasteiger partial charge in [-0.1, -0.05) is 23.2 Å². The van der Waals surface area contributed by atoms with E-state index in [1.807, 2.05) is 4.90 Å². The minimum Gasteiger partial charge on any atom is -0.378 e. The van der Waals surface area contributed by atoms with Crippen LogP contribution >= 0.6 is 23.2 Å². The Labute approximate surface area is 210 Å². The zero-order chi connectivity index (χ0) is 24.5. The van der Waals surface area contributed by atoms with Crippen LogP contribution in [0, 0.1) is 10.1 Å². The number of hydrogen-bond acceptors (Lipinski definition) is 9. The first-order valence-corrected chi connectivity index (χ1v) is 11.5. The summed E-state index contributed by atoms with van der Waals surface area (Å²) in [6, 6.07) is 11.2. The third-order valence-electron chi connectivity index (χ3n) is 5.59.